The van der Waals surface area contributed by atoms with Gasteiger partial charge in [0.2, 0.25) is 0 Å². The summed E-state index contributed by atoms with van der Waals surface area (Å²) in [7, 11) is 0. The lowest BCUT2D eigenvalue weighted by Crippen LogP contribution is -2.36. The third-order valence-corrected chi connectivity index (χ3v) is 4.41. The summed E-state index contributed by atoms with van der Waals surface area (Å²) < 4.78 is 1.04. The Morgan fingerprint density at radius 1 is 1.28 bits per heavy atom. The molecule has 1 N–H and O–H groups in total. The molecule has 0 amide bonds. The lowest BCUT2D eigenvalue weighted by atomic mass is 9.94. The molecule has 1 aliphatic rings. The van der Waals surface area contributed by atoms with E-state index >= 15 is 0 Å². The van der Waals surface area contributed by atoms with E-state index in [-0.39, 0.29) is 0 Å². The Labute approximate surface area is 118 Å². The minimum atomic E-state index is 0.410. The number of benzene rings is 1. The van der Waals surface area contributed by atoms with Crippen molar-refractivity contribution >= 4 is 15.9 Å². The number of phenolic OH excluding ortho intramolecular Hbond substituents is 1. The van der Waals surface area contributed by atoms with Gasteiger partial charge in [-0.2, -0.15) is 0 Å². The summed E-state index contributed by atoms with van der Waals surface area (Å²) in [5, 5.41) is 9.93. The summed E-state index contributed by atoms with van der Waals surface area (Å²) in [6.07, 6.45) is 6.71. The van der Waals surface area contributed by atoms with Crippen molar-refractivity contribution < 1.29 is 5.11 Å². The number of hydrogen-bond donors (Lipinski definition) is 1. The third-order valence-electron chi connectivity index (χ3n) is 3.91. The van der Waals surface area contributed by atoms with E-state index in [2.05, 4.69) is 27.8 Å². The fraction of sp³-hybridized carbons (Fsp3) is 0.600. The number of phenols is 1. The van der Waals surface area contributed by atoms with Gasteiger partial charge in [-0.25, -0.2) is 0 Å². The SMILES string of the molecule is CCN(Cc1cc(Br)ccc1O)C1CCCCC1. The number of halogens is 1. The molecular formula is C15H22BrNO. The maximum absolute atomic E-state index is 9.93. The van der Waals surface area contributed by atoms with Crippen LogP contribution < -0.4 is 0 Å². The molecule has 3 heteroatoms. The van der Waals surface area contributed by atoms with E-state index in [1.807, 2.05) is 12.1 Å². The van der Waals surface area contributed by atoms with Gasteiger partial charge in [0.05, 0.1) is 0 Å². The van der Waals surface area contributed by atoms with Gasteiger partial charge in [0.25, 0.3) is 0 Å². The van der Waals surface area contributed by atoms with Crippen LogP contribution in [0.15, 0.2) is 22.7 Å². The van der Waals surface area contributed by atoms with Gasteiger partial charge in [-0.15, -0.1) is 0 Å². The maximum atomic E-state index is 9.93. The minimum absolute atomic E-state index is 0.410. The monoisotopic (exact) mass is 311 g/mol. The molecule has 1 saturated carbocycles. The molecule has 0 saturated heterocycles. The number of hydrogen-bond acceptors (Lipinski definition) is 2. The predicted molar refractivity (Wildman–Crippen MR) is 78.8 cm³/mol. The fourth-order valence-corrected chi connectivity index (χ4v) is 3.25. The molecule has 18 heavy (non-hydrogen) atoms. The van der Waals surface area contributed by atoms with Crippen LogP contribution in [0.25, 0.3) is 0 Å². The predicted octanol–water partition coefficient (Wildman–Crippen LogP) is 4.31. The number of nitrogens with zero attached hydrogens (tertiary/aromatic N) is 1. The normalized spacial score (nSPS) is 17.3. The number of aromatic hydroxyl groups is 1. The van der Waals surface area contributed by atoms with E-state index in [9.17, 15) is 5.11 Å². The van der Waals surface area contributed by atoms with Crippen molar-refractivity contribution in [2.75, 3.05) is 6.54 Å². The van der Waals surface area contributed by atoms with Crippen molar-refractivity contribution in [3.05, 3.63) is 28.2 Å². The van der Waals surface area contributed by atoms with Gasteiger partial charge in [0, 0.05) is 22.6 Å². The molecule has 2 nitrogen and oxygen atoms in total. The lowest BCUT2D eigenvalue weighted by molar-refractivity contribution is 0.154. The summed E-state index contributed by atoms with van der Waals surface area (Å²) in [5.74, 6) is 0.410. The van der Waals surface area contributed by atoms with Crippen LogP contribution >= 0.6 is 15.9 Å². The average Bonchev–Trinajstić information content (AvgIpc) is 2.41. The zero-order chi connectivity index (χ0) is 13.0. The molecule has 100 valence electrons. The second-order valence-electron chi connectivity index (χ2n) is 5.13. The van der Waals surface area contributed by atoms with Crippen LogP contribution in [0.1, 0.15) is 44.6 Å². The third kappa shape index (κ3) is 3.48. The molecule has 0 unspecified atom stereocenters. The highest BCUT2D eigenvalue weighted by molar-refractivity contribution is 9.10. The van der Waals surface area contributed by atoms with Crippen LogP contribution in [0.2, 0.25) is 0 Å². The van der Waals surface area contributed by atoms with E-state index in [1.54, 1.807) is 6.07 Å². The first kappa shape index (κ1) is 13.9. The van der Waals surface area contributed by atoms with Gasteiger partial charge in [0.15, 0.2) is 0 Å². The first-order chi connectivity index (χ1) is 8.70. The fourth-order valence-electron chi connectivity index (χ4n) is 2.84. The molecule has 0 bridgehead atoms. The lowest BCUT2D eigenvalue weighted by Gasteiger charge is -2.33. The van der Waals surface area contributed by atoms with Crippen molar-refractivity contribution in [2.24, 2.45) is 0 Å². The topological polar surface area (TPSA) is 23.5 Å². The van der Waals surface area contributed by atoms with Crippen LogP contribution in [0, 0.1) is 0 Å². The highest BCUT2D eigenvalue weighted by Gasteiger charge is 2.20. The zero-order valence-corrected chi connectivity index (χ0v) is 12.6. The number of rotatable bonds is 4. The molecule has 2 rings (SSSR count). The molecule has 1 fully saturated rings. The smallest absolute Gasteiger partial charge is 0.120 e. The quantitative estimate of drug-likeness (QED) is 0.895. The Kier molecular flexibility index (Phi) is 5.07. The molecule has 0 aromatic heterocycles. The van der Waals surface area contributed by atoms with E-state index in [0.717, 1.165) is 23.1 Å². The van der Waals surface area contributed by atoms with E-state index in [1.165, 1.54) is 32.1 Å². The Balaban J connectivity index is 2.06. The molecular weight excluding hydrogens is 290 g/mol. The Morgan fingerprint density at radius 2 is 2.00 bits per heavy atom. The Morgan fingerprint density at radius 3 is 2.67 bits per heavy atom. The summed E-state index contributed by atoms with van der Waals surface area (Å²) in [6, 6.07) is 6.38. The van der Waals surface area contributed by atoms with Gasteiger partial charge in [-0.05, 0) is 37.6 Å². The zero-order valence-electron chi connectivity index (χ0n) is 11.0. The summed E-state index contributed by atoms with van der Waals surface area (Å²) in [6.45, 7) is 4.12. The molecule has 0 heterocycles. The molecule has 0 spiro atoms. The van der Waals surface area contributed by atoms with Crippen LogP contribution in [0.4, 0.5) is 0 Å². The van der Waals surface area contributed by atoms with Crippen molar-refractivity contribution in [1.29, 1.82) is 0 Å². The van der Waals surface area contributed by atoms with Crippen LogP contribution in [0.5, 0.6) is 5.75 Å². The first-order valence-corrected chi connectivity index (χ1v) is 7.71. The van der Waals surface area contributed by atoms with Gasteiger partial charge in [-0.3, -0.25) is 4.90 Å². The maximum Gasteiger partial charge on any atom is 0.120 e. The highest BCUT2D eigenvalue weighted by Crippen LogP contribution is 2.27. The Hall–Kier alpha value is -0.540. The van der Waals surface area contributed by atoms with Gasteiger partial charge >= 0.3 is 0 Å². The summed E-state index contributed by atoms with van der Waals surface area (Å²) in [5.41, 5.74) is 1.02. The second kappa shape index (κ2) is 6.58. The van der Waals surface area contributed by atoms with E-state index < -0.39 is 0 Å². The van der Waals surface area contributed by atoms with Crippen molar-refractivity contribution in [2.45, 2.75) is 51.6 Å². The summed E-state index contributed by atoms with van der Waals surface area (Å²) in [4.78, 5) is 2.50. The van der Waals surface area contributed by atoms with Crippen LogP contribution in [0.3, 0.4) is 0 Å². The highest BCUT2D eigenvalue weighted by atomic mass is 79.9. The van der Waals surface area contributed by atoms with E-state index in [4.69, 9.17) is 0 Å². The standard InChI is InChI=1S/C15H22BrNO/c1-2-17(14-6-4-3-5-7-14)11-12-10-13(16)8-9-15(12)18/h8-10,14,18H,2-7,11H2,1H3. The first-order valence-electron chi connectivity index (χ1n) is 6.92. The van der Waals surface area contributed by atoms with Crippen LogP contribution in [-0.2, 0) is 6.54 Å². The molecule has 0 aliphatic heterocycles. The van der Waals surface area contributed by atoms with Crippen molar-refractivity contribution in [1.82, 2.24) is 4.90 Å². The Bertz CT molecular complexity index is 388. The largest absolute Gasteiger partial charge is 0.508 e. The second-order valence-corrected chi connectivity index (χ2v) is 6.04. The molecule has 0 radical (unpaired) electrons. The van der Waals surface area contributed by atoms with Gasteiger partial charge in [-0.1, -0.05) is 42.1 Å². The van der Waals surface area contributed by atoms with Gasteiger partial charge in [0.1, 0.15) is 5.75 Å². The molecule has 1 aliphatic carbocycles. The van der Waals surface area contributed by atoms with Crippen molar-refractivity contribution in [3.63, 3.8) is 0 Å². The van der Waals surface area contributed by atoms with E-state index in [0.29, 0.717) is 11.8 Å². The molecule has 1 aromatic rings. The minimum Gasteiger partial charge on any atom is -0.508 e. The van der Waals surface area contributed by atoms with Crippen LogP contribution in [-0.4, -0.2) is 22.6 Å². The van der Waals surface area contributed by atoms with Crippen molar-refractivity contribution in [3.8, 4) is 5.75 Å². The summed E-state index contributed by atoms with van der Waals surface area (Å²) >= 11 is 3.47. The molecule has 0 atom stereocenters. The molecule has 1 aromatic carbocycles. The van der Waals surface area contributed by atoms with Gasteiger partial charge < -0.3 is 5.11 Å². The average molecular weight is 312 g/mol.